The van der Waals surface area contributed by atoms with Gasteiger partial charge in [0.25, 0.3) is 0 Å². The Morgan fingerprint density at radius 3 is 2.75 bits per heavy atom. The fourth-order valence-electron chi connectivity index (χ4n) is 1.86. The molecule has 0 aromatic carbocycles. The molecule has 0 heterocycles. The van der Waals surface area contributed by atoms with Crippen LogP contribution in [0.5, 0.6) is 0 Å². The van der Waals surface area contributed by atoms with Gasteiger partial charge in [0.15, 0.2) is 5.96 Å². The number of halogens is 1. The molecule has 4 heteroatoms. The first-order chi connectivity index (χ1) is 7.36. The SMILES string of the molecule is CCNC(=NC)NCCC1=CCCCC1.I. The van der Waals surface area contributed by atoms with E-state index in [1.165, 1.54) is 25.7 Å². The highest BCUT2D eigenvalue weighted by Gasteiger charge is 2.03. The summed E-state index contributed by atoms with van der Waals surface area (Å²) in [5.41, 5.74) is 1.61. The van der Waals surface area contributed by atoms with Gasteiger partial charge in [0.05, 0.1) is 0 Å². The summed E-state index contributed by atoms with van der Waals surface area (Å²) in [5.74, 6) is 0.911. The molecule has 0 spiro atoms. The summed E-state index contributed by atoms with van der Waals surface area (Å²) < 4.78 is 0. The molecule has 0 aromatic heterocycles. The number of rotatable bonds is 4. The van der Waals surface area contributed by atoms with Gasteiger partial charge in [-0.05, 0) is 39.0 Å². The summed E-state index contributed by atoms with van der Waals surface area (Å²) in [4.78, 5) is 4.14. The van der Waals surface area contributed by atoms with Gasteiger partial charge in [-0.25, -0.2) is 0 Å². The van der Waals surface area contributed by atoms with Gasteiger partial charge in [0.2, 0.25) is 0 Å². The van der Waals surface area contributed by atoms with E-state index in [0.717, 1.165) is 25.5 Å². The number of nitrogens with one attached hydrogen (secondary N) is 2. The quantitative estimate of drug-likeness (QED) is 0.358. The predicted molar refractivity (Wildman–Crippen MR) is 81.6 cm³/mol. The fraction of sp³-hybridized carbons (Fsp3) is 0.750. The fourth-order valence-corrected chi connectivity index (χ4v) is 1.86. The van der Waals surface area contributed by atoms with Gasteiger partial charge in [-0.3, -0.25) is 4.99 Å². The number of nitrogens with zero attached hydrogens (tertiary/aromatic N) is 1. The van der Waals surface area contributed by atoms with Crippen LogP contribution in [0.15, 0.2) is 16.6 Å². The highest BCUT2D eigenvalue weighted by atomic mass is 127. The smallest absolute Gasteiger partial charge is 0.190 e. The Balaban J connectivity index is 0.00000225. The van der Waals surface area contributed by atoms with Crippen LogP contribution in [-0.4, -0.2) is 26.1 Å². The molecular formula is C12H24IN3. The second-order valence-corrected chi connectivity index (χ2v) is 3.89. The number of allylic oxidation sites excluding steroid dienone is 1. The first-order valence-electron chi connectivity index (χ1n) is 5.99. The van der Waals surface area contributed by atoms with Crippen molar-refractivity contribution in [1.29, 1.82) is 0 Å². The van der Waals surface area contributed by atoms with E-state index in [-0.39, 0.29) is 24.0 Å². The Labute approximate surface area is 116 Å². The molecule has 0 saturated heterocycles. The van der Waals surface area contributed by atoms with Crippen LogP contribution in [0.1, 0.15) is 39.0 Å². The Hall–Kier alpha value is -0.260. The second kappa shape index (κ2) is 9.93. The molecule has 2 N–H and O–H groups in total. The Kier molecular flexibility index (Phi) is 9.77. The summed E-state index contributed by atoms with van der Waals surface area (Å²) in [6, 6.07) is 0. The molecule has 0 radical (unpaired) electrons. The molecular weight excluding hydrogens is 313 g/mol. The molecule has 1 rings (SSSR count). The molecule has 0 aromatic rings. The van der Waals surface area contributed by atoms with Crippen molar-refractivity contribution >= 4 is 29.9 Å². The number of aliphatic imine (C=N–C) groups is 1. The Bertz CT molecular complexity index is 236. The van der Waals surface area contributed by atoms with Crippen molar-refractivity contribution in [3.63, 3.8) is 0 Å². The van der Waals surface area contributed by atoms with Gasteiger partial charge < -0.3 is 10.6 Å². The topological polar surface area (TPSA) is 36.4 Å². The van der Waals surface area contributed by atoms with Gasteiger partial charge in [-0.15, -0.1) is 24.0 Å². The zero-order chi connectivity index (χ0) is 10.9. The normalized spacial score (nSPS) is 16.1. The van der Waals surface area contributed by atoms with Gasteiger partial charge in [-0.2, -0.15) is 0 Å². The summed E-state index contributed by atoms with van der Waals surface area (Å²) in [6.07, 6.45) is 8.87. The van der Waals surface area contributed by atoms with E-state index >= 15 is 0 Å². The minimum absolute atomic E-state index is 0. The van der Waals surface area contributed by atoms with E-state index in [1.54, 1.807) is 5.57 Å². The van der Waals surface area contributed by atoms with E-state index in [1.807, 2.05) is 7.05 Å². The van der Waals surface area contributed by atoms with Crippen LogP contribution in [0.4, 0.5) is 0 Å². The first kappa shape index (κ1) is 15.7. The Morgan fingerprint density at radius 1 is 1.38 bits per heavy atom. The minimum Gasteiger partial charge on any atom is -0.357 e. The Morgan fingerprint density at radius 2 is 2.19 bits per heavy atom. The van der Waals surface area contributed by atoms with E-state index in [2.05, 4.69) is 28.6 Å². The van der Waals surface area contributed by atoms with Crippen LogP contribution in [0.2, 0.25) is 0 Å². The van der Waals surface area contributed by atoms with E-state index < -0.39 is 0 Å². The monoisotopic (exact) mass is 337 g/mol. The molecule has 94 valence electrons. The molecule has 0 fully saturated rings. The largest absolute Gasteiger partial charge is 0.357 e. The highest BCUT2D eigenvalue weighted by Crippen LogP contribution is 2.19. The van der Waals surface area contributed by atoms with Gasteiger partial charge >= 0.3 is 0 Å². The predicted octanol–water partition coefficient (Wildman–Crippen LogP) is 2.68. The van der Waals surface area contributed by atoms with Crippen LogP contribution in [0.25, 0.3) is 0 Å². The lowest BCUT2D eigenvalue weighted by atomic mass is 9.97. The number of hydrogen-bond acceptors (Lipinski definition) is 1. The summed E-state index contributed by atoms with van der Waals surface area (Å²) >= 11 is 0. The molecule has 1 aliphatic rings. The van der Waals surface area contributed by atoms with Crippen LogP contribution in [-0.2, 0) is 0 Å². The van der Waals surface area contributed by atoms with Crippen LogP contribution in [0.3, 0.4) is 0 Å². The van der Waals surface area contributed by atoms with Crippen molar-refractivity contribution in [2.45, 2.75) is 39.0 Å². The van der Waals surface area contributed by atoms with E-state index in [4.69, 9.17) is 0 Å². The zero-order valence-electron chi connectivity index (χ0n) is 10.4. The summed E-state index contributed by atoms with van der Waals surface area (Å²) in [7, 11) is 1.81. The molecule has 3 nitrogen and oxygen atoms in total. The molecule has 0 bridgehead atoms. The third-order valence-corrected chi connectivity index (χ3v) is 2.69. The standard InChI is InChI=1S/C12H23N3.HI/c1-3-14-12(13-2)15-10-9-11-7-5-4-6-8-11;/h7H,3-6,8-10H2,1-2H3,(H2,13,14,15);1H. The molecule has 0 unspecified atom stereocenters. The molecule has 16 heavy (non-hydrogen) atoms. The van der Waals surface area contributed by atoms with E-state index in [9.17, 15) is 0 Å². The van der Waals surface area contributed by atoms with Gasteiger partial charge in [0.1, 0.15) is 0 Å². The third-order valence-electron chi connectivity index (χ3n) is 2.69. The zero-order valence-corrected chi connectivity index (χ0v) is 12.7. The van der Waals surface area contributed by atoms with E-state index in [0.29, 0.717) is 0 Å². The number of guanidine groups is 1. The highest BCUT2D eigenvalue weighted by molar-refractivity contribution is 14.0. The number of hydrogen-bond donors (Lipinski definition) is 2. The maximum atomic E-state index is 4.14. The van der Waals surface area contributed by atoms with Gasteiger partial charge in [0, 0.05) is 20.1 Å². The molecule has 0 amide bonds. The van der Waals surface area contributed by atoms with Crippen molar-refractivity contribution in [3.05, 3.63) is 11.6 Å². The average Bonchev–Trinajstić information content (AvgIpc) is 2.29. The average molecular weight is 337 g/mol. The van der Waals surface area contributed by atoms with Crippen molar-refractivity contribution < 1.29 is 0 Å². The van der Waals surface area contributed by atoms with Crippen molar-refractivity contribution in [1.82, 2.24) is 10.6 Å². The molecule has 0 saturated carbocycles. The lowest BCUT2D eigenvalue weighted by Gasteiger charge is -2.14. The summed E-state index contributed by atoms with van der Waals surface area (Å²) in [5, 5.41) is 6.51. The minimum atomic E-state index is 0. The van der Waals surface area contributed by atoms with Gasteiger partial charge in [-0.1, -0.05) is 11.6 Å². The molecule has 0 atom stereocenters. The van der Waals surface area contributed by atoms with Crippen molar-refractivity contribution in [2.75, 3.05) is 20.1 Å². The van der Waals surface area contributed by atoms with Crippen molar-refractivity contribution in [2.24, 2.45) is 4.99 Å². The second-order valence-electron chi connectivity index (χ2n) is 3.89. The lowest BCUT2D eigenvalue weighted by molar-refractivity contribution is 0.666. The third kappa shape index (κ3) is 6.35. The van der Waals surface area contributed by atoms with Crippen molar-refractivity contribution in [3.8, 4) is 0 Å². The van der Waals surface area contributed by atoms with Crippen LogP contribution < -0.4 is 10.6 Å². The first-order valence-corrected chi connectivity index (χ1v) is 5.99. The maximum Gasteiger partial charge on any atom is 0.190 e. The summed E-state index contributed by atoms with van der Waals surface area (Å²) in [6.45, 7) is 3.99. The molecule has 0 aliphatic heterocycles. The van der Waals surface area contributed by atoms with Crippen LogP contribution >= 0.6 is 24.0 Å². The maximum absolute atomic E-state index is 4.14. The lowest BCUT2D eigenvalue weighted by Crippen LogP contribution is -2.37. The van der Waals surface area contributed by atoms with Crippen LogP contribution in [0, 0.1) is 0 Å². The molecule has 1 aliphatic carbocycles.